The van der Waals surface area contributed by atoms with Gasteiger partial charge in [0.1, 0.15) is 0 Å². The normalized spacial score (nSPS) is 14.6. The van der Waals surface area contributed by atoms with Gasteiger partial charge in [0.2, 0.25) is 0 Å². The van der Waals surface area contributed by atoms with E-state index in [-0.39, 0.29) is 6.61 Å². The fourth-order valence-corrected chi connectivity index (χ4v) is 5.16. The summed E-state index contributed by atoms with van der Waals surface area (Å²) >= 11 is 0. The van der Waals surface area contributed by atoms with E-state index in [9.17, 15) is 9.59 Å². The average molecular weight is 567 g/mol. The van der Waals surface area contributed by atoms with Gasteiger partial charge in [-0.3, -0.25) is 4.98 Å². The number of aromatic nitrogens is 3. The van der Waals surface area contributed by atoms with Gasteiger partial charge in [-0.1, -0.05) is 69.4 Å². The molecule has 42 heavy (non-hydrogen) atoms. The van der Waals surface area contributed by atoms with Crippen LogP contribution in [-0.2, 0) is 19.1 Å². The molecular weight excluding hydrogens is 528 g/mol. The molecule has 0 amide bonds. The van der Waals surface area contributed by atoms with E-state index in [2.05, 4.69) is 34.0 Å². The maximum atomic E-state index is 13.5. The highest BCUT2D eigenvalue weighted by Crippen LogP contribution is 2.38. The summed E-state index contributed by atoms with van der Waals surface area (Å²) in [4.78, 5) is 35.0. The summed E-state index contributed by atoms with van der Waals surface area (Å²) in [5.74, 6) is 4.39. The van der Waals surface area contributed by atoms with Crippen LogP contribution in [0.3, 0.4) is 0 Å². The number of nitrogens with one attached hydrogen (secondary N) is 1. The molecule has 1 aromatic carbocycles. The maximum absolute atomic E-state index is 13.5. The molecule has 8 nitrogen and oxygen atoms in total. The predicted molar refractivity (Wildman–Crippen MR) is 162 cm³/mol. The Hall–Kier alpha value is -4.64. The molecule has 1 unspecified atom stereocenters. The van der Waals surface area contributed by atoms with Crippen molar-refractivity contribution in [2.75, 3.05) is 13.7 Å². The Morgan fingerprint density at radius 2 is 1.76 bits per heavy atom. The number of rotatable bonds is 12. The summed E-state index contributed by atoms with van der Waals surface area (Å²) in [6.07, 6.45) is 15.8. The second-order valence-corrected chi connectivity index (χ2v) is 10.2. The highest BCUT2D eigenvalue weighted by atomic mass is 16.5. The number of imidazole rings is 1. The van der Waals surface area contributed by atoms with Gasteiger partial charge in [0.05, 0.1) is 30.3 Å². The van der Waals surface area contributed by atoms with Crippen molar-refractivity contribution < 1.29 is 19.1 Å². The van der Waals surface area contributed by atoms with E-state index in [1.807, 2.05) is 48.0 Å². The number of ether oxygens (including phenoxy) is 2. The first-order valence-corrected chi connectivity index (χ1v) is 14.5. The highest BCUT2D eigenvalue weighted by molar-refractivity contribution is 6.03. The van der Waals surface area contributed by atoms with Crippen molar-refractivity contribution in [3.05, 3.63) is 95.5 Å². The molecule has 1 aliphatic rings. The van der Waals surface area contributed by atoms with Crippen LogP contribution in [0.5, 0.6) is 0 Å². The third-order valence-electron chi connectivity index (χ3n) is 7.28. The van der Waals surface area contributed by atoms with Gasteiger partial charge in [-0.05, 0) is 43.2 Å². The summed E-state index contributed by atoms with van der Waals surface area (Å²) in [5, 5.41) is 3.34. The second kappa shape index (κ2) is 15.4. The molecule has 1 atom stereocenters. The van der Waals surface area contributed by atoms with Crippen LogP contribution in [0.25, 0.3) is 11.4 Å². The molecule has 8 heteroatoms. The van der Waals surface area contributed by atoms with Crippen molar-refractivity contribution in [1.29, 1.82) is 0 Å². The molecule has 2 aromatic heterocycles. The number of hydrogen-bond donors (Lipinski definition) is 1. The Bertz CT molecular complexity index is 1460. The zero-order chi connectivity index (χ0) is 29.7. The molecule has 0 aliphatic carbocycles. The Kier molecular flexibility index (Phi) is 11.1. The van der Waals surface area contributed by atoms with E-state index in [0.717, 1.165) is 36.1 Å². The van der Waals surface area contributed by atoms with Crippen LogP contribution in [0.15, 0.2) is 84.4 Å². The third-order valence-corrected chi connectivity index (χ3v) is 7.28. The minimum absolute atomic E-state index is 0.0753. The highest BCUT2D eigenvalue weighted by Gasteiger charge is 2.37. The Balaban J connectivity index is 1.62. The van der Waals surface area contributed by atoms with Crippen LogP contribution in [-0.4, -0.2) is 40.2 Å². The maximum Gasteiger partial charge on any atom is 0.337 e. The molecule has 0 spiro atoms. The minimum Gasteiger partial charge on any atom is -0.466 e. The summed E-state index contributed by atoms with van der Waals surface area (Å²) in [5.41, 5.74) is 4.66. The van der Waals surface area contributed by atoms with Crippen LogP contribution in [0.2, 0.25) is 0 Å². The van der Waals surface area contributed by atoms with Gasteiger partial charge in [0.15, 0.2) is 6.61 Å². The number of pyridine rings is 1. The smallest absolute Gasteiger partial charge is 0.337 e. The van der Waals surface area contributed by atoms with E-state index in [0.29, 0.717) is 29.0 Å². The van der Waals surface area contributed by atoms with Gasteiger partial charge in [0, 0.05) is 47.7 Å². The van der Waals surface area contributed by atoms with E-state index >= 15 is 0 Å². The molecule has 0 saturated carbocycles. The van der Waals surface area contributed by atoms with Crippen LogP contribution >= 0.6 is 0 Å². The number of carbonyl (C=O) groups is 2. The number of esters is 2. The van der Waals surface area contributed by atoms with Gasteiger partial charge in [-0.25, -0.2) is 14.6 Å². The van der Waals surface area contributed by atoms with Crippen LogP contribution < -0.4 is 5.32 Å². The molecule has 218 valence electrons. The number of benzene rings is 1. The number of carbonyl (C=O) groups excluding carboxylic acids is 2. The van der Waals surface area contributed by atoms with E-state index in [1.165, 1.54) is 26.4 Å². The van der Waals surface area contributed by atoms with E-state index in [4.69, 9.17) is 9.47 Å². The molecule has 0 fully saturated rings. The van der Waals surface area contributed by atoms with Crippen molar-refractivity contribution in [2.45, 2.75) is 58.8 Å². The molecule has 3 aromatic rings. The van der Waals surface area contributed by atoms with E-state index in [1.54, 1.807) is 31.0 Å². The Labute approximate surface area is 247 Å². The van der Waals surface area contributed by atoms with Crippen molar-refractivity contribution in [2.24, 2.45) is 5.92 Å². The van der Waals surface area contributed by atoms with Gasteiger partial charge < -0.3 is 19.4 Å². The molecule has 3 heterocycles. The molecule has 0 bridgehead atoms. The second-order valence-electron chi connectivity index (χ2n) is 10.2. The number of nitrogens with zero attached hydrogens (tertiary/aromatic N) is 3. The fraction of sp³-hybridized carbons (Fsp3) is 0.353. The van der Waals surface area contributed by atoms with Gasteiger partial charge in [0.25, 0.3) is 0 Å². The number of methoxy groups -OCH3 is 1. The summed E-state index contributed by atoms with van der Waals surface area (Å²) in [6.45, 7) is 3.96. The summed E-state index contributed by atoms with van der Waals surface area (Å²) in [6, 6.07) is 11.5. The topological polar surface area (TPSA) is 95.3 Å². The predicted octanol–water partition coefficient (Wildman–Crippen LogP) is 5.99. The van der Waals surface area contributed by atoms with Crippen LogP contribution in [0.4, 0.5) is 0 Å². The number of allylic oxidation sites excluding steroid dienone is 1. The first-order chi connectivity index (χ1) is 20.5. The van der Waals surface area contributed by atoms with Crippen LogP contribution in [0, 0.1) is 17.8 Å². The third kappa shape index (κ3) is 7.76. The van der Waals surface area contributed by atoms with Crippen molar-refractivity contribution >= 4 is 17.6 Å². The Morgan fingerprint density at radius 3 is 2.45 bits per heavy atom. The number of hydrogen-bond acceptors (Lipinski definition) is 7. The molecule has 1 N–H and O–H groups in total. The fourth-order valence-electron chi connectivity index (χ4n) is 5.16. The lowest BCUT2D eigenvalue weighted by molar-refractivity contribution is -0.138. The number of dihydropyridines is 1. The zero-order valence-electron chi connectivity index (χ0n) is 24.6. The summed E-state index contributed by atoms with van der Waals surface area (Å²) in [7, 11) is 1.37. The average Bonchev–Trinajstić information content (AvgIpc) is 3.56. The van der Waals surface area contributed by atoms with Gasteiger partial charge >= 0.3 is 11.9 Å². The van der Waals surface area contributed by atoms with Crippen molar-refractivity contribution in [1.82, 2.24) is 19.9 Å². The van der Waals surface area contributed by atoms with Gasteiger partial charge in [-0.2, -0.15) is 0 Å². The van der Waals surface area contributed by atoms with Crippen LogP contribution in [0.1, 0.15) is 69.9 Å². The zero-order valence-corrected chi connectivity index (χ0v) is 24.6. The lowest BCUT2D eigenvalue weighted by atomic mass is 9.80. The van der Waals surface area contributed by atoms with Crippen molar-refractivity contribution in [3.8, 4) is 17.5 Å². The lowest BCUT2D eigenvalue weighted by Crippen LogP contribution is -2.33. The lowest BCUT2D eigenvalue weighted by Gasteiger charge is -2.31. The first-order valence-electron chi connectivity index (χ1n) is 14.5. The minimum atomic E-state index is -0.493. The molecule has 0 saturated heterocycles. The quantitative estimate of drug-likeness (QED) is 0.163. The standard InChI is InChI=1S/C34H38N4O4/c1-4-5-6-7-8-9-14-29-30(34(40)42-22-11-13-26-12-10-19-35-23-26)25(2)37-32(31(29)33(39)41-3)27-15-17-28(18-16-27)38-21-20-36-24-38/h10,12,15-21,23-24,29,37H,4-9,14,22H2,1-3H3. The Morgan fingerprint density at radius 1 is 0.976 bits per heavy atom. The monoisotopic (exact) mass is 566 g/mol. The molecular formula is C34H38N4O4. The molecule has 1 aliphatic heterocycles. The largest absolute Gasteiger partial charge is 0.466 e. The van der Waals surface area contributed by atoms with E-state index < -0.39 is 17.9 Å². The summed E-state index contributed by atoms with van der Waals surface area (Å²) < 4.78 is 12.8. The van der Waals surface area contributed by atoms with Crippen molar-refractivity contribution in [3.63, 3.8) is 0 Å². The molecule has 0 radical (unpaired) electrons. The molecule has 4 rings (SSSR count). The number of unbranched alkanes of at least 4 members (excludes halogenated alkanes) is 5. The first kappa shape index (κ1) is 30.3. The SMILES string of the molecule is CCCCCCCCC1C(C(=O)OCC#Cc2cccnc2)=C(C)NC(c2ccc(-n3ccnc3)cc2)=C1C(=O)OC. The van der Waals surface area contributed by atoms with Gasteiger partial charge in [-0.15, -0.1) is 0 Å².